The van der Waals surface area contributed by atoms with Crippen molar-refractivity contribution in [3.63, 3.8) is 0 Å². The van der Waals surface area contributed by atoms with E-state index in [2.05, 4.69) is 10.3 Å². The number of amides is 1. The highest BCUT2D eigenvalue weighted by atomic mass is 32.1. The summed E-state index contributed by atoms with van der Waals surface area (Å²) in [5.41, 5.74) is 9.70. The number of thiophene rings is 1. The molecular formula is C25H29F2N5OS. The van der Waals surface area contributed by atoms with Crippen LogP contribution in [0.4, 0.5) is 20.3 Å². The largest absolute Gasteiger partial charge is 0.397 e. The minimum absolute atomic E-state index is 0.00197. The van der Waals surface area contributed by atoms with Crippen LogP contribution in [-0.2, 0) is 12.8 Å². The highest BCUT2D eigenvalue weighted by Crippen LogP contribution is 2.35. The Labute approximate surface area is 201 Å². The number of carbonyl (C=O) groups is 1. The number of nitrogen functional groups attached to an aromatic ring is 1. The van der Waals surface area contributed by atoms with E-state index in [9.17, 15) is 13.6 Å². The third-order valence-corrected chi connectivity index (χ3v) is 8.30. The predicted molar refractivity (Wildman–Crippen MR) is 132 cm³/mol. The average Bonchev–Trinajstić information content (AvgIpc) is 3.40. The van der Waals surface area contributed by atoms with Crippen LogP contribution in [0.3, 0.4) is 0 Å². The molecule has 34 heavy (non-hydrogen) atoms. The highest BCUT2D eigenvalue weighted by molar-refractivity contribution is 7.21. The summed E-state index contributed by atoms with van der Waals surface area (Å²) in [7, 11) is 0. The number of aromatic nitrogens is 2. The van der Waals surface area contributed by atoms with Gasteiger partial charge in [-0.15, -0.1) is 11.3 Å². The maximum absolute atomic E-state index is 13.4. The third-order valence-electron chi connectivity index (χ3n) is 7.19. The summed E-state index contributed by atoms with van der Waals surface area (Å²) in [6.45, 7) is 4.87. The molecule has 0 spiro atoms. The molecule has 3 aromatic heterocycles. The van der Waals surface area contributed by atoms with E-state index in [0.717, 1.165) is 52.2 Å². The zero-order chi connectivity index (χ0) is 24.0. The maximum atomic E-state index is 13.4. The van der Waals surface area contributed by atoms with Crippen LogP contribution in [0, 0.1) is 18.8 Å². The molecule has 4 heterocycles. The van der Waals surface area contributed by atoms with Gasteiger partial charge in [0.05, 0.1) is 5.69 Å². The Kier molecular flexibility index (Phi) is 6.14. The van der Waals surface area contributed by atoms with Gasteiger partial charge in [0, 0.05) is 41.8 Å². The second-order valence-electron chi connectivity index (χ2n) is 9.41. The molecule has 0 aromatic carbocycles. The molecule has 3 N–H and O–H groups in total. The van der Waals surface area contributed by atoms with Gasteiger partial charge in [-0.1, -0.05) is 19.4 Å². The van der Waals surface area contributed by atoms with Crippen molar-refractivity contribution in [1.29, 1.82) is 0 Å². The van der Waals surface area contributed by atoms with Gasteiger partial charge in [-0.05, 0) is 55.9 Å². The lowest BCUT2D eigenvalue weighted by molar-refractivity contribution is 0.0640. The van der Waals surface area contributed by atoms with Crippen LogP contribution in [0.5, 0.6) is 0 Å². The van der Waals surface area contributed by atoms with Gasteiger partial charge in [0.25, 0.3) is 5.91 Å². The van der Waals surface area contributed by atoms with E-state index in [1.54, 1.807) is 0 Å². The van der Waals surface area contributed by atoms with E-state index in [0.29, 0.717) is 30.1 Å². The van der Waals surface area contributed by atoms with Gasteiger partial charge < -0.3 is 16.0 Å². The van der Waals surface area contributed by atoms with Crippen LogP contribution >= 0.6 is 11.3 Å². The number of alkyl halides is 2. The molecule has 3 aromatic rings. The van der Waals surface area contributed by atoms with E-state index in [1.807, 2.05) is 43.0 Å². The van der Waals surface area contributed by atoms with Gasteiger partial charge in [0.1, 0.15) is 15.5 Å². The maximum Gasteiger partial charge on any atom is 0.263 e. The Balaban J connectivity index is 1.27. The predicted octanol–water partition coefficient (Wildman–Crippen LogP) is 4.60. The molecule has 5 rings (SSSR count). The average molecular weight is 486 g/mol. The lowest BCUT2D eigenvalue weighted by Crippen LogP contribution is -2.39. The number of hydrogen-bond donors (Lipinski definition) is 2. The first-order valence-corrected chi connectivity index (χ1v) is 12.6. The van der Waals surface area contributed by atoms with Crippen molar-refractivity contribution in [3.8, 4) is 0 Å². The Morgan fingerprint density at radius 3 is 2.82 bits per heavy atom. The van der Waals surface area contributed by atoms with Crippen LogP contribution in [0.25, 0.3) is 10.2 Å². The van der Waals surface area contributed by atoms with Crippen molar-refractivity contribution in [3.05, 3.63) is 46.1 Å². The molecule has 180 valence electrons. The van der Waals surface area contributed by atoms with E-state index in [1.165, 1.54) is 11.3 Å². The van der Waals surface area contributed by atoms with Gasteiger partial charge in [0.15, 0.2) is 0 Å². The quantitative estimate of drug-likeness (QED) is 0.552. The van der Waals surface area contributed by atoms with Gasteiger partial charge in [-0.3, -0.25) is 4.79 Å². The van der Waals surface area contributed by atoms with Crippen LogP contribution < -0.4 is 16.0 Å². The monoisotopic (exact) mass is 485 g/mol. The number of rotatable bonds is 5. The van der Waals surface area contributed by atoms with Crippen LogP contribution in [0.15, 0.2) is 24.3 Å². The molecule has 0 saturated carbocycles. The summed E-state index contributed by atoms with van der Waals surface area (Å²) in [5.74, 6) is 0.0151. The number of nitrogens with one attached hydrogen (secondary N) is 1. The van der Waals surface area contributed by atoms with Gasteiger partial charge in [-0.25, -0.2) is 18.7 Å². The Morgan fingerprint density at radius 2 is 2.09 bits per heavy atom. The SMILES string of the molecule is CC[C@@H]1CN(c2ccc3c(n2)CC[C@H](NC(=O)c2sc4nc(C)ccc4c2N)C3)C[C@H]1C(F)F. The fraction of sp³-hybridized carbons (Fsp3) is 0.480. The standard InChI is InChI=1S/C25H29F2N5OS/c1-3-14-11-32(12-18(14)23(26)27)20-9-5-15-10-16(6-8-19(15)31-20)30-24(33)22-21(28)17-7-4-13(2)29-25(17)34-22/h4-5,7,9,14,16,18,23H,3,6,8,10-12,28H2,1-2H3,(H,30,33)/t14-,16+,18-/m1/s1. The molecule has 1 saturated heterocycles. The minimum atomic E-state index is -2.30. The lowest BCUT2D eigenvalue weighted by Gasteiger charge is -2.26. The van der Waals surface area contributed by atoms with Crippen molar-refractivity contribution >= 4 is 39.0 Å². The van der Waals surface area contributed by atoms with E-state index >= 15 is 0 Å². The van der Waals surface area contributed by atoms with Crippen molar-refractivity contribution < 1.29 is 13.6 Å². The molecule has 3 atom stereocenters. The van der Waals surface area contributed by atoms with Crippen molar-refractivity contribution in [2.24, 2.45) is 11.8 Å². The summed E-state index contributed by atoms with van der Waals surface area (Å²) in [5, 5.41) is 3.95. The second kappa shape index (κ2) is 9.09. The number of nitrogens with zero attached hydrogens (tertiary/aromatic N) is 3. The number of pyridine rings is 2. The zero-order valence-electron chi connectivity index (χ0n) is 19.4. The number of aryl methyl sites for hydroxylation is 2. The number of hydrogen-bond acceptors (Lipinski definition) is 6. The summed E-state index contributed by atoms with van der Waals surface area (Å²) in [6, 6.07) is 7.76. The van der Waals surface area contributed by atoms with Crippen LogP contribution in [0.2, 0.25) is 0 Å². The fourth-order valence-electron chi connectivity index (χ4n) is 5.21. The van der Waals surface area contributed by atoms with Crippen molar-refractivity contribution in [2.75, 3.05) is 23.7 Å². The number of carbonyl (C=O) groups excluding carboxylic acids is 1. The summed E-state index contributed by atoms with van der Waals surface area (Å²) in [6.07, 6.45) is 0.645. The normalized spacial score (nSPS) is 22.4. The first-order chi connectivity index (χ1) is 16.3. The van der Waals surface area contributed by atoms with E-state index in [4.69, 9.17) is 10.7 Å². The van der Waals surface area contributed by atoms with E-state index in [-0.39, 0.29) is 17.9 Å². The lowest BCUT2D eigenvalue weighted by atomic mass is 9.91. The molecule has 2 aliphatic rings. The molecule has 6 nitrogen and oxygen atoms in total. The van der Waals surface area contributed by atoms with Gasteiger partial charge in [-0.2, -0.15) is 0 Å². The van der Waals surface area contributed by atoms with E-state index < -0.39 is 12.3 Å². The Morgan fingerprint density at radius 1 is 1.26 bits per heavy atom. The van der Waals surface area contributed by atoms with Crippen LogP contribution in [0.1, 0.15) is 46.4 Å². The Hall–Kier alpha value is -2.81. The molecule has 1 aliphatic carbocycles. The molecule has 0 bridgehead atoms. The molecule has 0 radical (unpaired) electrons. The smallest absolute Gasteiger partial charge is 0.263 e. The topological polar surface area (TPSA) is 84.1 Å². The molecule has 1 amide bonds. The molecule has 1 aliphatic heterocycles. The zero-order valence-corrected chi connectivity index (χ0v) is 20.2. The summed E-state index contributed by atoms with van der Waals surface area (Å²) >= 11 is 1.32. The minimum Gasteiger partial charge on any atom is -0.397 e. The van der Waals surface area contributed by atoms with Crippen LogP contribution in [-0.4, -0.2) is 41.4 Å². The first-order valence-electron chi connectivity index (χ1n) is 11.8. The number of fused-ring (bicyclic) bond motifs is 2. The Bertz CT molecular complexity index is 1230. The van der Waals surface area contributed by atoms with Crippen molar-refractivity contribution in [1.82, 2.24) is 15.3 Å². The molecular weight excluding hydrogens is 456 g/mol. The number of halogens is 2. The summed E-state index contributed by atoms with van der Waals surface area (Å²) in [4.78, 5) is 25.6. The van der Waals surface area contributed by atoms with Gasteiger partial charge >= 0.3 is 0 Å². The number of anilines is 2. The molecule has 0 unspecified atom stereocenters. The second-order valence-corrected chi connectivity index (χ2v) is 10.4. The first kappa shape index (κ1) is 23.0. The third kappa shape index (κ3) is 4.21. The fourth-order valence-corrected chi connectivity index (χ4v) is 6.25. The summed E-state index contributed by atoms with van der Waals surface area (Å²) < 4.78 is 26.8. The molecule has 9 heteroatoms. The number of nitrogens with two attached hydrogens (primary N) is 1. The van der Waals surface area contributed by atoms with Gasteiger partial charge in [0.2, 0.25) is 6.43 Å². The highest BCUT2D eigenvalue weighted by Gasteiger charge is 2.38. The molecule has 1 fully saturated rings. The van der Waals surface area contributed by atoms with Crippen molar-refractivity contribution in [2.45, 2.75) is 52.0 Å².